The number of hydrogen-bond acceptors (Lipinski definition) is 4. The van der Waals surface area contributed by atoms with Gasteiger partial charge in [-0.3, -0.25) is 9.59 Å². The smallest absolute Gasteiger partial charge is 0.290 e. The maximum atomic E-state index is 13.7. The molecule has 1 unspecified atom stereocenters. The first-order valence-electron chi connectivity index (χ1n) is 13.6. The summed E-state index contributed by atoms with van der Waals surface area (Å²) in [5.74, 6) is 0.434. The fourth-order valence-electron chi connectivity index (χ4n) is 5.17. The minimum atomic E-state index is -0.422. The van der Waals surface area contributed by atoms with Crippen molar-refractivity contribution in [3.05, 3.63) is 81.2 Å². The van der Waals surface area contributed by atoms with Crippen molar-refractivity contribution >= 4 is 16.9 Å². The molecule has 0 spiro atoms. The average Bonchev–Trinajstić information content (AvgIpc) is 3.17. The third-order valence-corrected chi connectivity index (χ3v) is 7.32. The van der Waals surface area contributed by atoms with Crippen LogP contribution >= 0.6 is 0 Å². The van der Waals surface area contributed by atoms with E-state index < -0.39 is 6.04 Å². The third-order valence-electron chi connectivity index (χ3n) is 7.32. The monoisotopic (exact) mass is 488 g/mol. The summed E-state index contributed by atoms with van der Waals surface area (Å²) in [5.41, 5.74) is 3.04. The highest BCUT2D eigenvalue weighted by molar-refractivity contribution is 5.99. The summed E-state index contributed by atoms with van der Waals surface area (Å²) in [4.78, 5) is 31.7. The van der Waals surface area contributed by atoms with Crippen LogP contribution in [0.25, 0.3) is 11.0 Å². The van der Waals surface area contributed by atoms with E-state index in [1.165, 1.54) is 31.2 Å². The van der Waals surface area contributed by atoms with E-state index in [2.05, 4.69) is 56.9 Å². The van der Waals surface area contributed by atoms with Gasteiger partial charge in [0.1, 0.15) is 5.58 Å². The van der Waals surface area contributed by atoms with Gasteiger partial charge in [-0.05, 0) is 68.1 Å². The van der Waals surface area contributed by atoms with Gasteiger partial charge in [-0.1, -0.05) is 76.9 Å². The summed E-state index contributed by atoms with van der Waals surface area (Å²) in [6, 6.07) is 15.2. The second kappa shape index (κ2) is 11.9. The van der Waals surface area contributed by atoms with Crippen LogP contribution in [-0.4, -0.2) is 41.9 Å². The highest BCUT2D eigenvalue weighted by Gasteiger charge is 2.42. The van der Waals surface area contributed by atoms with Crippen molar-refractivity contribution in [2.75, 3.05) is 26.2 Å². The number of amides is 1. The number of unbranched alkanes of at least 4 members (excludes halogenated alkanes) is 2. The molecule has 1 aromatic heterocycles. The van der Waals surface area contributed by atoms with E-state index in [9.17, 15) is 9.59 Å². The third kappa shape index (κ3) is 5.41. The number of nitrogens with zero attached hydrogens (tertiary/aromatic N) is 2. The number of carbonyl (C=O) groups excluding carboxylic acids is 1. The first kappa shape index (κ1) is 26.2. The molecule has 1 amide bonds. The van der Waals surface area contributed by atoms with Crippen LogP contribution in [0.4, 0.5) is 0 Å². The molecule has 1 atom stereocenters. The van der Waals surface area contributed by atoms with Gasteiger partial charge in [-0.25, -0.2) is 0 Å². The first-order chi connectivity index (χ1) is 17.5. The average molecular weight is 489 g/mol. The molecule has 0 saturated carbocycles. The fraction of sp³-hybridized carbons (Fsp3) is 0.484. The molecule has 0 aliphatic carbocycles. The minimum Gasteiger partial charge on any atom is -0.450 e. The number of hydrogen-bond donors (Lipinski definition) is 0. The van der Waals surface area contributed by atoms with Gasteiger partial charge in [0.05, 0.1) is 17.0 Å². The number of benzene rings is 2. The highest BCUT2D eigenvalue weighted by Crippen LogP contribution is 2.38. The molecule has 1 aliphatic heterocycles. The van der Waals surface area contributed by atoms with Crippen LogP contribution in [0.2, 0.25) is 0 Å². The van der Waals surface area contributed by atoms with Gasteiger partial charge in [0.25, 0.3) is 5.91 Å². The lowest BCUT2D eigenvalue weighted by atomic mass is 9.95. The summed E-state index contributed by atoms with van der Waals surface area (Å²) in [6.45, 7) is 12.5. The van der Waals surface area contributed by atoms with E-state index in [0.717, 1.165) is 31.6 Å². The second-order valence-corrected chi connectivity index (χ2v) is 10.3. The van der Waals surface area contributed by atoms with Gasteiger partial charge in [-0.2, -0.15) is 0 Å². The molecule has 2 aromatic carbocycles. The molecular weight excluding hydrogens is 448 g/mol. The van der Waals surface area contributed by atoms with Gasteiger partial charge in [0.2, 0.25) is 5.76 Å². The number of para-hydroxylation sites is 1. The second-order valence-electron chi connectivity index (χ2n) is 10.3. The topological polar surface area (TPSA) is 53.8 Å². The maximum Gasteiger partial charge on any atom is 0.290 e. The molecule has 5 heteroatoms. The van der Waals surface area contributed by atoms with Gasteiger partial charge in [-0.15, -0.1) is 0 Å². The molecular formula is C31H40N2O3. The summed E-state index contributed by atoms with van der Waals surface area (Å²) < 4.78 is 6.07. The Hall–Kier alpha value is -2.92. The Balaban J connectivity index is 1.66. The molecule has 5 nitrogen and oxygen atoms in total. The summed E-state index contributed by atoms with van der Waals surface area (Å²) >= 11 is 0. The molecule has 0 radical (unpaired) electrons. The van der Waals surface area contributed by atoms with Crippen LogP contribution in [0.1, 0.15) is 99.0 Å². The van der Waals surface area contributed by atoms with Crippen molar-refractivity contribution in [2.24, 2.45) is 0 Å². The summed E-state index contributed by atoms with van der Waals surface area (Å²) in [6.07, 6.45) is 5.60. The van der Waals surface area contributed by atoms with Crippen LogP contribution in [0.15, 0.2) is 57.7 Å². The van der Waals surface area contributed by atoms with E-state index >= 15 is 0 Å². The van der Waals surface area contributed by atoms with Crippen molar-refractivity contribution in [1.82, 2.24) is 9.80 Å². The Morgan fingerprint density at radius 2 is 1.53 bits per heavy atom. The SMILES string of the molecule is CCCCN(CCCC)CCCN1C(=O)c2oc3ccccc3c(=O)c2C1c1ccc(C(C)C)cc1. The molecule has 0 bridgehead atoms. The quantitative estimate of drug-likeness (QED) is 0.283. The molecule has 192 valence electrons. The molecule has 36 heavy (non-hydrogen) atoms. The van der Waals surface area contributed by atoms with Crippen molar-refractivity contribution in [3.63, 3.8) is 0 Å². The van der Waals surface area contributed by atoms with Crippen molar-refractivity contribution in [3.8, 4) is 0 Å². The van der Waals surface area contributed by atoms with E-state index in [0.29, 0.717) is 29.0 Å². The Morgan fingerprint density at radius 3 is 2.17 bits per heavy atom. The number of rotatable bonds is 12. The normalized spacial score (nSPS) is 15.4. The maximum absolute atomic E-state index is 13.7. The largest absolute Gasteiger partial charge is 0.450 e. The Bertz CT molecular complexity index is 1220. The van der Waals surface area contributed by atoms with Gasteiger partial charge in [0, 0.05) is 6.54 Å². The number of fused-ring (bicyclic) bond motifs is 2. The highest BCUT2D eigenvalue weighted by atomic mass is 16.3. The Kier molecular flexibility index (Phi) is 8.63. The predicted molar refractivity (Wildman–Crippen MR) is 147 cm³/mol. The molecule has 0 saturated heterocycles. The molecule has 1 aliphatic rings. The minimum absolute atomic E-state index is 0.104. The van der Waals surface area contributed by atoms with Crippen LogP contribution in [-0.2, 0) is 0 Å². The zero-order chi connectivity index (χ0) is 25.7. The van der Waals surface area contributed by atoms with Crippen molar-refractivity contribution in [1.29, 1.82) is 0 Å². The van der Waals surface area contributed by atoms with E-state index in [1.54, 1.807) is 12.1 Å². The first-order valence-corrected chi connectivity index (χ1v) is 13.6. The fourth-order valence-corrected chi connectivity index (χ4v) is 5.17. The zero-order valence-electron chi connectivity index (χ0n) is 22.3. The van der Waals surface area contributed by atoms with Gasteiger partial charge in [0.15, 0.2) is 5.43 Å². The molecule has 3 aromatic rings. The number of carbonyl (C=O) groups is 1. The zero-order valence-corrected chi connectivity index (χ0v) is 22.3. The van der Waals surface area contributed by atoms with Crippen LogP contribution in [0, 0.1) is 0 Å². The molecule has 0 N–H and O–H groups in total. The summed E-state index contributed by atoms with van der Waals surface area (Å²) in [5, 5.41) is 0.528. The molecule has 2 heterocycles. The Labute approximate surface area is 215 Å². The Morgan fingerprint density at radius 1 is 0.889 bits per heavy atom. The summed E-state index contributed by atoms with van der Waals surface area (Å²) in [7, 11) is 0. The van der Waals surface area contributed by atoms with Crippen LogP contribution in [0.5, 0.6) is 0 Å². The lowest BCUT2D eigenvalue weighted by Gasteiger charge is -2.27. The molecule has 0 fully saturated rings. The van der Waals surface area contributed by atoms with Crippen LogP contribution in [0.3, 0.4) is 0 Å². The van der Waals surface area contributed by atoms with Gasteiger partial charge < -0.3 is 14.2 Å². The lowest BCUT2D eigenvalue weighted by Crippen LogP contribution is -2.34. The lowest BCUT2D eigenvalue weighted by molar-refractivity contribution is 0.0719. The van der Waals surface area contributed by atoms with Gasteiger partial charge >= 0.3 is 0 Å². The van der Waals surface area contributed by atoms with Crippen molar-refractivity contribution in [2.45, 2.75) is 71.8 Å². The standard InChI is InChI=1S/C31H40N2O3/c1-5-7-18-32(19-8-6-2)20-11-21-33-28(24-16-14-23(15-17-24)22(3)4)27-29(34)25-12-9-10-13-26(25)36-30(27)31(33)35/h9-10,12-17,22,28H,5-8,11,18-21H2,1-4H3. The predicted octanol–water partition coefficient (Wildman–Crippen LogP) is 6.75. The van der Waals surface area contributed by atoms with Crippen molar-refractivity contribution < 1.29 is 9.21 Å². The van der Waals surface area contributed by atoms with Crippen LogP contribution < -0.4 is 5.43 Å². The van der Waals surface area contributed by atoms with E-state index in [1.807, 2.05) is 17.0 Å². The van der Waals surface area contributed by atoms with E-state index in [4.69, 9.17) is 4.42 Å². The molecule has 4 rings (SSSR count). The van der Waals surface area contributed by atoms with E-state index in [-0.39, 0.29) is 17.1 Å².